The third kappa shape index (κ3) is 3.24. The molecule has 1 aromatic heterocycles. The highest BCUT2D eigenvalue weighted by Crippen LogP contribution is 2.38. The van der Waals surface area contributed by atoms with Gasteiger partial charge < -0.3 is 14.4 Å². The van der Waals surface area contributed by atoms with Crippen molar-refractivity contribution < 1.29 is 14.3 Å². The van der Waals surface area contributed by atoms with E-state index in [0.717, 1.165) is 30.7 Å². The number of amides is 1. The van der Waals surface area contributed by atoms with Gasteiger partial charge in [0.05, 0.1) is 25.3 Å². The Balaban J connectivity index is 1.51. The Morgan fingerprint density at radius 3 is 2.88 bits per heavy atom. The van der Waals surface area contributed by atoms with E-state index < -0.39 is 0 Å². The van der Waals surface area contributed by atoms with E-state index in [9.17, 15) is 4.79 Å². The first-order valence-electron chi connectivity index (χ1n) is 9.18. The van der Waals surface area contributed by atoms with Crippen LogP contribution < -0.4 is 0 Å². The first-order chi connectivity index (χ1) is 12.7. The van der Waals surface area contributed by atoms with Crippen LogP contribution in [0.15, 0.2) is 48.7 Å². The van der Waals surface area contributed by atoms with Gasteiger partial charge in [0, 0.05) is 18.5 Å². The van der Waals surface area contributed by atoms with Crippen LogP contribution in [0.5, 0.6) is 0 Å². The lowest BCUT2D eigenvalue weighted by molar-refractivity contribution is -0.0959. The van der Waals surface area contributed by atoms with Gasteiger partial charge in [0.15, 0.2) is 0 Å². The highest BCUT2D eigenvalue weighted by Gasteiger charge is 2.52. The second-order valence-electron chi connectivity index (χ2n) is 7.12. The molecule has 1 spiro atoms. The summed E-state index contributed by atoms with van der Waals surface area (Å²) >= 11 is 0. The van der Waals surface area contributed by atoms with E-state index in [-0.39, 0.29) is 17.6 Å². The number of likely N-dealkylation sites (tertiary alicyclic amines) is 1. The lowest BCUT2D eigenvalue weighted by Gasteiger charge is -2.28. The van der Waals surface area contributed by atoms with Crippen LogP contribution >= 0.6 is 0 Å². The zero-order valence-corrected chi connectivity index (χ0v) is 15.1. The summed E-state index contributed by atoms with van der Waals surface area (Å²) in [7, 11) is 0. The molecule has 2 fully saturated rings. The van der Waals surface area contributed by atoms with Gasteiger partial charge in [-0.1, -0.05) is 30.3 Å². The van der Waals surface area contributed by atoms with Crippen LogP contribution in [0.4, 0.5) is 0 Å². The van der Waals surface area contributed by atoms with Crippen LogP contribution in [0.1, 0.15) is 34.5 Å². The fraction of sp³-hybridized carbons (Fsp3) is 0.429. The minimum absolute atomic E-state index is 0.0105. The van der Waals surface area contributed by atoms with Gasteiger partial charge in [-0.25, -0.2) is 0 Å². The molecule has 0 N–H and O–H groups in total. The fourth-order valence-electron chi connectivity index (χ4n) is 3.96. The number of aryl methyl sites for hydroxylation is 1. The molecule has 26 heavy (non-hydrogen) atoms. The van der Waals surface area contributed by atoms with Gasteiger partial charge >= 0.3 is 0 Å². The molecule has 5 heteroatoms. The van der Waals surface area contributed by atoms with Crippen molar-refractivity contribution >= 4 is 5.91 Å². The minimum Gasteiger partial charge on any atom is -0.370 e. The number of pyridine rings is 1. The molecule has 2 atom stereocenters. The van der Waals surface area contributed by atoms with Crippen LogP contribution in [0.2, 0.25) is 0 Å². The average molecular weight is 352 g/mol. The van der Waals surface area contributed by atoms with E-state index in [2.05, 4.69) is 17.1 Å². The van der Waals surface area contributed by atoms with Gasteiger partial charge in [-0.3, -0.25) is 9.78 Å². The van der Waals surface area contributed by atoms with Crippen molar-refractivity contribution in [3.8, 4) is 0 Å². The molecule has 136 valence electrons. The smallest absolute Gasteiger partial charge is 0.255 e. The first kappa shape index (κ1) is 17.2. The third-order valence-corrected chi connectivity index (χ3v) is 5.38. The summed E-state index contributed by atoms with van der Waals surface area (Å²) in [4.78, 5) is 19.1. The third-order valence-electron chi connectivity index (χ3n) is 5.38. The molecule has 2 aliphatic heterocycles. The molecule has 5 nitrogen and oxygen atoms in total. The van der Waals surface area contributed by atoms with Gasteiger partial charge in [0.2, 0.25) is 0 Å². The maximum atomic E-state index is 13.0. The number of ether oxygens (including phenoxy) is 2. The summed E-state index contributed by atoms with van der Waals surface area (Å²) in [6.45, 7) is 4.28. The summed E-state index contributed by atoms with van der Waals surface area (Å²) in [5.41, 5.74) is 2.17. The predicted octanol–water partition coefficient (Wildman–Crippen LogP) is 2.98. The summed E-state index contributed by atoms with van der Waals surface area (Å²) in [5.74, 6) is 0.0105. The number of rotatable bonds is 4. The Kier molecular flexibility index (Phi) is 4.74. The second-order valence-corrected chi connectivity index (χ2v) is 7.12. The zero-order valence-electron chi connectivity index (χ0n) is 15.1. The van der Waals surface area contributed by atoms with Gasteiger partial charge in [-0.2, -0.15) is 0 Å². The van der Waals surface area contributed by atoms with Gasteiger partial charge in [-0.05, 0) is 37.5 Å². The topological polar surface area (TPSA) is 51.7 Å². The molecule has 0 radical (unpaired) electrons. The summed E-state index contributed by atoms with van der Waals surface area (Å²) in [6, 6.07) is 13.8. The molecular weight excluding hydrogens is 328 g/mol. The number of carbonyl (C=O) groups excluding carboxylic acids is 1. The van der Waals surface area contributed by atoms with Crippen molar-refractivity contribution in [2.75, 3.05) is 19.7 Å². The molecule has 4 rings (SSSR count). The molecule has 2 aliphatic rings. The number of carbonyl (C=O) groups is 1. The van der Waals surface area contributed by atoms with Crippen LogP contribution in [-0.4, -0.2) is 47.2 Å². The summed E-state index contributed by atoms with van der Waals surface area (Å²) < 4.78 is 12.4. The molecule has 2 aromatic rings. The van der Waals surface area contributed by atoms with Gasteiger partial charge in [-0.15, -0.1) is 0 Å². The molecular formula is C21H24N2O3. The lowest BCUT2D eigenvalue weighted by atomic mass is 9.96. The second kappa shape index (κ2) is 7.17. The monoisotopic (exact) mass is 352 g/mol. The SMILES string of the molecule is Cc1ncccc1C(=O)N1C[C@H](OCc2ccccc2)[C@]2(CCCO2)C1. The fourth-order valence-corrected chi connectivity index (χ4v) is 3.96. The Labute approximate surface area is 153 Å². The van der Waals surface area contributed by atoms with E-state index in [1.165, 1.54) is 0 Å². The van der Waals surface area contributed by atoms with E-state index in [1.807, 2.05) is 42.2 Å². The van der Waals surface area contributed by atoms with Crippen molar-refractivity contribution in [3.63, 3.8) is 0 Å². The quantitative estimate of drug-likeness (QED) is 0.849. The first-order valence-corrected chi connectivity index (χ1v) is 9.18. The molecule has 1 amide bonds. The van der Waals surface area contributed by atoms with Gasteiger partial charge in [0.1, 0.15) is 11.7 Å². The number of hydrogen-bond donors (Lipinski definition) is 0. The summed E-state index contributed by atoms with van der Waals surface area (Å²) in [6.07, 6.45) is 3.55. The Morgan fingerprint density at radius 1 is 1.31 bits per heavy atom. The maximum Gasteiger partial charge on any atom is 0.255 e. The largest absolute Gasteiger partial charge is 0.370 e. The maximum absolute atomic E-state index is 13.0. The van der Waals surface area contributed by atoms with Crippen molar-refractivity contribution in [2.24, 2.45) is 0 Å². The number of benzene rings is 1. The molecule has 0 saturated carbocycles. The van der Waals surface area contributed by atoms with Crippen molar-refractivity contribution in [1.82, 2.24) is 9.88 Å². The predicted molar refractivity (Wildman–Crippen MR) is 97.8 cm³/mol. The van der Waals surface area contributed by atoms with E-state index in [0.29, 0.717) is 25.3 Å². The standard InChI is InChI=1S/C21H24N2O3/c1-16-18(9-5-11-22-16)20(24)23-13-19(21(15-23)10-6-12-26-21)25-14-17-7-3-2-4-8-17/h2-5,7-9,11,19H,6,10,12-15H2,1H3/t19-,21-/m0/s1. The summed E-state index contributed by atoms with van der Waals surface area (Å²) in [5, 5.41) is 0. The van der Waals surface area contributed by atoms with E-state index >= 15 is 0 Å². The molecule has 0 unspecified atom stereocenters. The minimum atomic E-state index is -0.374. The number of aromatic nitrogens is 1. The Hall–Kier alpha value is -2.24. The highest BCUT2D eigenvalue weighted by atomic mass is 16.6. The highest BCUT2D eigenvalue weighted by molar-refractivity contribution is 5.95. The molecule has 0 bridgehead atoms. The van der Waals surface area contributed by atoms with Crippen molar-refractivity contribution in [2.45, 2.75) is 38.1 Å². The van der Waals surface area contributed by atoms with Crippen LogP contribution in [0, 0.1) is 6.92 Å². The molecule has 1 aromatic carbocycles. The van der Waals surface area contributed by atoms with Gasteiger partial charge in [0.25, 0.3) is 5.91 Å². The molecule has 2 saturated heterocycles. The Morgan fingerprint density at radius 2 is 2.15 bits per heavy atom. The molecule has 3 heterocycles. The van der Waals surface area contributed by atoms with Crippen LogP contribution in [0.25, 0.3) is 0 Å². The number of nitrogens with zero attached hydrogens (tertiary/aromatic N) is 2. The lowest BCUT2D eigenvalue weighted by Crippen LogP contribution is -2.42. The zero-order chi connectivity index (χ0) is 18.0. The number of hydrogen-bond acceptors (Lipinski definition) is 4. The van der Waals surface area contributed by atoms with E-state index in [1.54, 1.807) is 6.20 Å². The normalized spacial score (nSPS) is 25.1. The Bertz CT molecular complexity index is 772. The average Bonchev–Trinajstić information content (AvgIpc) is 3.28. The molecule has 0 aliphatic carbocycles. The van der Waals surface area contributed by atoms with Crippen molar-refractivity contribution in [1.29, 1.82) is 0 Å². The van der Waals surface area contributed by atoms with Crippen LogP contribution in [0.3, 0.4) is 0 Å². The van der Waals surface area contributed by atoms with Crippen molar-refractivity contribution in [3.05, 3.63) is 65.5 Å². The van der Waals surface area contributed by atoms with E-state index in [4.69, 9.17) is 9.47 Å². The van der Waals surface area contributed by atoms with Crippen LogP contribution in [-0.2, 0) is 16.1 Å².